The van der Waals surface area contributed by atoms with Gasteiger partial charge < -0.3 is 25.4 Å². The number of ether oxygens (including phenoxy) is 1. The van der Waals surface area contributed by atoms with Crippen LogP contribution in [-0.2, 0) is 24.0 Å². The van der Waals surface area contributed by atoms with Crippen LogP contribution in [0.5, 0.6) is 11.5 Å². The molecule has 13 nitrogen and oxygen atoms in total. The zero-order valence-corrected chi connectivity index (χ0v) is 27.0. The number of amidine groups is 1. The molecule has 1 heterocycles. The fraction of sp³-hybridized carbons (Fsp3) is 0.412. The SMILES string of the molecule is CCN(CCNC(=O)CCCCCNC(=O)CCN1C(=O)CCC1=O)c1ccc(/C=C(\C)C(=O)Oc2ccc(C(N)=[NH2+])cc2)c(O)c1. The molecule has 0 atom stereocenters. The number of anilines is 1. The lowest BCUT2D eigenvalue weighted by molar-refractivity contribution is -0.139. The first-order valence-electron chi connectivity index (χ1n) is 15.8. The number of imide groups is 1. The molecule has 1 aliphatic heterocycles. The number of nitrogens with zero attached hydrogens (tertiary/aromatic N) is 2. The number of phenolic OH excluding ortho intramolecular Hbond substituents is 1. The second kappa shape index (κ2) is 18.1. The Balaban J connectivity index is 1.34. The van der Waals surface area contributed by atoms with E-state index in [1.54, 1.807) is 49.4 Å². The van der Waals surface area contributed by atoms with Gasteiger partial charge in [0.2, 0.25) is 23.6 Å². The zero-order chi connectivity index (χ0) is 34.3. The lowest BCUT2D eigenvalue weighted by Gasteiger charge is -2.24. The molecular weight excluding hydrogens is 604 g/mol. The van der Waals surface area contributed by atoms with Gasteiger partial charge in [0, 0.05) is 81.3 Å². The zero-order valence-electron chi connectivity index (χ0n) is 27.0. The summed E-state index contributed by atoms with van der Waals surface area (Å²) < 4.78 is 5.39. The fourth-order valence-corrected chi connectivity index (χ4v) is 4.92. The van der Waals surface area contributed by atoms with E-state index < -0.39 is 5.97 Å². The van der Waals surface area contributed by atoms with Crippen molar-refractivity contribution in [1.82, 2.24) is 15.5 Å². The predicted molar refractivity (Wildman–Crippen MR) is 177 cm³/mol. The minimum atomic E-state index is -0.564. The quantitative estimate of drug-likeness (QED) is 0.0298. The van der Waals surface area contributed by atoms with Gasteiger partial charge in [-0.25, -0.2) is 4.79 Å². The second-order valence-corrected chi connectivity index (χ2v) is 11.2. The minimum absolute atomic E-state index is 0.00318. The van der Waals surface area contributed by atoms with Crippen LogP contribution in [0.25, 0.3) is 6.08 Å². The van der Waals surface area contributed by atoms with E-state index in [0.717, 1.165) is 23.4 Å². The van der Waals surface area contributed by atoms with Crippen molar-refractivity contribution >= 4 is 47.2 Å². The Morgan fingerprint density at radius 1 is 0.979 bits per heavy atom. The number of carbonyl (C=O) groups is 5. The molecule has 0 aromatic heterocycles. The fourth-order valence-electron chi connectivity index (χ4n) is 4.92. The molecular formula is C34H45N6O7+. The third-order valence-corrected chi connectivity index (χ3v) is 7.68. The minimum Gasteiger partial charge on any atom is -0.507 e. The number of unbranched alkanes of at least 4 members (excludes halogenated alkanes) is 2. The van der Waals surface area contributed by atoms with Crippen LogP contribution in [0, 0.1) is 0 Å². The van der Waals surface area contributed by atoms with Gasteiger partial charge in [-0.2, -0.15) is 0 Å². The summed E-state index contributed by atoms with van der Waals surface area (Å²) in [5.41, 5.74) is 7.72. The number of hydrogen-bond acceptors (Lipinski definition) is 8. The highest BCUT2D eigenvalue weighted by Crippen LogP contribution is 2.27. The van der Waals surface area contributed by atoms with Crippen molar-refractivity contribution in [2.45, 2.75) is 58.8 Å². The number of rotatable bonds is 18. The maximum absolute atomic E-state index is 12.6. The predicted octanol–water partition coefficient (Wildman–Crippen LogP) is 1.02. The van der Waals surface area contributed by atoms with Crippen LogP contribution >= 0.6 is 0 Å². The van der Waals surface area contributed by atoms with E-state index in [4.69, 9.17) is 15.9 Å². The molecule has 1 saturated heterocycles. The summed E-state index contributed by atoms with van der Waals surface area (Å²) in [4.78, 5) is 63.2. The molecule has 2 aromatic carbocycles. The summed E-state index contributed by atoms with van der Waals surface area (Å²) in [7, 11) is 0. The molecule has 0 saturated carbocycles. The Morgan fingerprint density at radius 2 is 1.64 bits per heavy atom. The van der Waals surface area contributed by atoms with Gasteiger partial charge in [0.25, 0.3) is 5.84 Å². The average Bonchev–Trinajstić information content (AvgIpc) is 3.37. The number of aromatic hydroxyl groups is 1. The van der Waals surface area contributed by atoms with E-state index >= 15 is 0 Å². The Hall–Kier alpha value is -5.20. The molecule has 3 rings (SSSR count). The van der Waals surface area contributed by atoms with Crippen molar-refractivity contribution in [2.24, 2.45) is 5.73 Å². The van der Waals surface area contributed by atoms with Crippen LogP contribution < -0.4 is 31.4 Å². The van der Waals surface area contributed by atoms with Crippen LogP contribution in [0.1, 0.15) is 69.9 Å². The summed E-state index contributed by atoms with van der Waals surface area (Å²) in [5.74, 6) is -0.776. The largest absolute Gasteiger partial charge is 0.507 e. The van der Waals surface area contributed by atoms with Crippen LogP contribution in [-0.4, -0.2) is 78.2 Å². The third-order valence-electron chi connectivity index (χ3n) is 7.68. The van der Waals surface area contributed by atoms with Crippen molar-refractivity contribution in [3.63, 3.8) is 0 Å². The molecule has 252 valence electrons. The van der Waals surface area contributed by atoms with Crippen molar-refractivity contribution < 1.29 is 39.2 Å². The van der Waals surface area contributed by atoms with Crippen molar-refractivity contribution in [1.29, 1.82) is 0 Å². The van der Waals surface area contributed by atoms with E-state index in [2.05, 4.69) is 10.6 Å². The Bertz CT molecular complexity index is 1470. The maximum Gasteiger partial charge on any atom is 0.339 e. The van der Waals surface area contributed by atoms with E-state index in [9.17, 15) is 29.1 Å². The van der Waals surface area contributed by atoms with Crippen LogP contribution in [0.3, 0.4) is 0 Å². The molecule has 0 bridgehead atoms. The highest BCUT2D eigenvalue weighted by molar-refractivity contribution is 6.02. The van der Waals surface area contributed by atoms with Crippen LogP contribution in [0.4, 0.5) is 5.69 Å². The van der Waals surface area contributed by atoms with Gasteiger partial charge in [0.15, 0.2) is 0 Å². The van der Waals surface area contributed by atoms with Gasteiger partial charge in [-0.05, 0) is 69.2 Å². The maximum atomic E-state index is 12.6. The van der Waals surface area contributed by atoms with Gasteiger partial charge >= 0.3 is 5.97 Å². The molecule has 4 amide bonds. The second-order valence-electron chi connectivity index (χ2n) is 11.2. The van der Waals surface area contributed by atoms with E-state index in [-0.39, 0.29) is 61.0 Å². The highest BCUT2D eigenvalue weighted by atomic mass is 16.5. The first-order valence-corrected chi connectivity index (χ1v) is 15.8. The molecule has 0 spiro atoms. The average molecular weight is 650 g/mol. The number of likely N-dealkylation sites (N-methyl/N-ethyl adjacent to an activating group) is 1. The Labute approximate surface area is 274 Å². The topological polar surface area (TPSA) is 197 Å². The molecule has 1 aliphatic rings. The summed E-state index contributed by atoms with van der Waals surface area (Å²) in [6.07, 6.45) is 4.61. The lowest BCUT2D eigenvalue weighted by Crippen LogP contribution is -2.46. The molecule has 47 heavy (non-hydrogen) atoms. The van der Waals surface area contributed by atoms with E-state index in [0.29, 0.717) is 61.5 Å². The van der Waals surface area contributed by atoms with E-state index in [1.807, 2.05) is 17.9 Å². The first kappa shape index (κ1) is 36.3. The number of nitrogens with two attached hydrogens (primary N) is 2. The molecule has 13 heteroatoms. The molecule has 2 aromatic rings. The summed E-state index contributed by atoms with van der Waals surface area (Å²) in [5, 5.41) is 21.9. The summed E-state index contributed by atoms with van der Waals surface area (Å²) in [6, 6.07) is 11.7. The van der Waals surface area contributed by atoms with Crippen molar-refractivity contribution in [3.8, 4) is 11.5 Å². The number of phenols is 1. The standard InChI is InChI=1S/C34H44N6O7/c1-3-39(20-18-38-29(42)7-5-4-6-17-37-30(43)16-19-40-31(44)14-15-32(40)45)26-11-8-25(28(41)22-26)21-23(2)34(46)47-27-12-9-24(10-13-27)33(35)36/h8-13,21-22,41H,3-7,14-20H2,1-2H3,(H3,35,36)(H,37,43)(H,38,42)/p+1/b23-21+. The monoisotopic (exact) mass is 649 g/mol. The molecule has 0 aliphatic carbocycles. The van der Waals surface area contributed by atoms with Crippen LogP contribution in [0.15, 0.2) is 48.0 Å². The van der Waals surface area contributed by atoms with Gasteiger partial charge in [0.1, 0.15) is 11.5 Å². The normalized spacial score (nSPS) is 13.0. The smallest absolute Gasteiger partial charge is 0.339 e. The summed E-state index contributed by atoms with van der Waals surface area (Å²) >= 11 is 0. The number of carbonyl (C=O) groups excluding carboxylic acids is 5. The Morgan fingerprint density at radius 3 is 2.28 bits per heavy atom. The van der Waals surface area contributed by atoms with Crippen molar-refractivity contribution in [3.05, 3.63) is 59.2 Å². The van der Waals surface area contributed by atoms with Gasteiger partial charge in [0.05, 0.1) is 5.56 Å². The van der Waals surface area contributed by atoms with E-state index in [1.165, 1.54) is 0 Å². The molecule has 1 fully saturated rings. The Kier molecular flexibility index (Phi) is 13.9. The van der Waals surface area contributed by atoms with Crippen molar-refractivity contribution in [2.75, 3.05) is 37.6 Å². The van der Waals surface area contributed by atoms with Gasteiger partial charge in [-0.3, -0.25) is 35.2 Å². The summed E-state index contributed by atoms with van der Waals surface area (Å²) in [6.45, 7) is 5.77. The lowest BCUT2D eigenvalue weighted by atomic mass is 10.1. The highest BCUT2D eigenvalue weighted by Gasteiger charge is 2.28. The number of amides is 4. The van der Waals surface area contributed by atoms with Gasteiger partial charge in [-0.1, -0.05) is 6.42 Å². The number of esters is 1. The number of hydrogen-bond donors (Lipinski definition) is 5. The first-order chi connectivity index (χ1) is 22.5. The molecule has 7 N–H and O–H groups in total. The van der Waals surface area contributed by atoms with Crippen LogP contribution in [0.2, 0.25) is 0 Å². The molecule has 0 unspecified atom stereocenters. The van der Waals surface area contributed by atoms with Gasteiger partial charge in [-0.15, -0.1) is 0 Å². The number of nitrogens with one attached hydrogen (secondary N) is 2. The molecule has 0 radical (unpaired) electrons. The number of benzene rings is 2. The number of likely N-dealkylation sites (tertiary alicyclic amines) is 1. The third kappa shape index (κ3) is 11.6.